The number of rotatable bonds is 7. The minimum Gasteiger partial charge on any atom is -0.321 e. The standard InChI is InChI=1S/C20H22FN3O3/c1-13(20(27)23-18-6-4-5-15(11-18)14(2)25)24(3)12-19(26)22-17-9-7-16(21)8-10-17/h4-11,13H,12H2,1-3H3,(H,22,26)(H,23,27)/p+1/t13-/m1/s1. The number of nitrogens with one attached hydrogen (secondary N) is 3. The summed E-state index contributed by atoms with van der Waals surface area (Å²) in [5.74, 6) is -1.01. The number of hydrogen-bond donors (Lipinski definition) is 3. The van der Waals surface area contributed by atoms with Gasteiger partial charge in [0.25, 0.3) is 11.8 Å². The van der Waals surface area contributed by atoms with Crippen LogP contribution in [0.2, 0.25) is 0 Å². The van der Waals surface area contributed by atoms with Gasteiger partial charge in [0.15, 0.2) is 18.4 Å². The number of Topliss-reactive ketones (excluding diaryl/α,β-unsaturated/α-hetero) is 1. The van der Waals surface area contributed by atoms with Crippen LogP contribution in [-0.4, -0.2) is 37.2 Å². The fraction of sp³-hybridized carbons (Fsp3) is 0.250. The molecule has 2 aromatic rings. The fourth-order valence-corrected chi connectivity index (χ4v) is 2.43. The lowest BCUT2D eigenvalue weighted by molar-refractivity contribution is -0.885. The van der Waals surface area contributed by atoms with Crippen molar-refractivity contribution < 1.29 is 23.7 Å². The second-order valence-corrected chi connectivity index (χ2v) is 6.43. The Balaban J connectivity index is 1.91. The summed E-state index contributed by atoms with van der Waals surface area (Å²) in [7, 11) is 1.74. The summed E-state index contributed by atoms with van der Waals surface area (Å²) in [4.78, 5) is 36.7. The van der Waals surface area contributed by atoms with E-state index in [4.69, 9.17) is 0 Å². The molecule has 0 bridgehead atoms. The third-order valence-corrected chi connectivity index (χ3v) is 4.24. The molecule has 0 heterocycles. The molecule has 2 amide bonds. The second-order valence-electron chi connectivity index (χ2n) is 6.43. The predicted molar refractivity (Wildman–Crippen MR) is 101 cm³/mol. The Morgan fingerprint density at radius 1 is 1.04 bits per heavy atom. The van der Waals surface area contributed by atoms with Crippen molar-refractivity contribution in [1.29, 1.82) is 0 Å². The van der Waals surface area contributed by atoms with Gasteiger partial charge in [-0.25, -0.2) is 4.39 Å². The van der Waals surface area contributed by atoms with Crippen molar-refractivity contribution in [2.75, 3.05) is 24.2 Å². The first kappa shape index (κ1) is 20.3. The SMILES string of the molecule is CC(=O)c1cccc(NC(=O)[C@@H](C)[NH+](C)CC(=O)Nc2ccc(F)cc2)c1. The van der Waals surface area contributed by atoms with Gasteiger partial charge in [-0.2, -0.15) is 0 Å². The van der Waals surface area contributed by atoms with Crippen LogP contribution < -0.4 is 15.5 Å². The molecule has 0 fully saturated rings. The fourth-order valence-electron chi connectivity index (χ4n) is 2.43. The molecule has 142 valence electrons. The zero-order chi connectivity index (χ0) is 20.0. The zero-order valence-corrected chi connectivity index (χ0v) is 15.5. The highest BCUT2D eigenvalue weighted by molar-refractivity contribution is 5.98. The third-order valence-electron chi connectivity index (χ3n) is 4.24. The van der Waals surface area contributed by atoms with E-state index < -0.39 is 6.04 Å². The van der Waals surface area contributed by atoms with Gasteiger partial charge in [0.1, 0.15) is 5.82 Å². The summed E-state index contributed by atoms with van der Waals surface area (Å²) >= 11 is 0. The maximum absolute atomic E-state index is 12.9. The minimum atomic E-state index is -0.495. The number of carbonyl (C=O) groups excluding carboxylic acids is 3. The topological polar surface area (TPSA) is 79.7 Å². The first-order valence-corrected chi connectivity index (χ1v) is 8.56. The van der Waals surface area contributed by atoms with E-state index in [2.05, 4.69) is 10.6 Å². The van der Waals surface area contributed by atoms with Gasteiger partial charge < -0.3 is 15.5 Å². The molecule has 0 saturated heterocycles. The Morgan fingerprint density at radius 3 is 2.33 bits per heavy atom. The summed E-state index contributed by atoms with van der Waals surface area (Å²) in [5, 5.41) is 5.43. The van der Waals surface area contributed by atoms with Crippen LogP contribution in [0.1, 0.15) is 24.2 Å². The molecule has 2 rings (SSSR count). The van der Waals surface area contributed by atoms with E-state index in [1.807, 2.05) is 0 Å². The van der Waals surface area contributed by atoms with Gasteiger partial charge in [-0.3, -0.25) is 14.4 Å². The third kappa shape index (κ3) is 6.00. The van der Waals surface area contributed by atoms with Crippen LogP contribution in [0.25, 0.3) is 0 Å². The van der Waals surface area contributed by atoms with E-state index in [9.17, 15) is 18.8 Å². The van der Waals surface area contributed by atoms with Gasteiger partial charge >= 0.3 is 0 Å². The molecule has 3 N–H and O–H groups in total. The van der Waals surface area contributed by atoms with Gasteiger partial charge in [-0.1, -0.05) is 12.1 Å². The lowest BCUT2D eigenvalue weighted by Crippen LogP contribution is -3.14. The summed E-state index contributed by atoms with van der Waals surface area (Å²) in [6.07, 6.45) is 0. The molecule has 0 radical (unpaired) electrons. The first-order chi connectivity index (χ1) is 12.8. The first-order valence-electron chi connectivity index (χ1n) is 8.56. The number of quaternary nitrogens is 1. The van der Waals surface area contributed by atoms with E-state index >= 15 is 0 Å². The maximum Gasteiger partial charge on any atom is 0.282 e. The molecule has 7 heteroatoms. The number of anilines is 2. The molecule has 0 spiro atoms. The quantitative estimate of drug-likeness (QED) is 0.645. The molecule has 27 heavy (non-hydrogen) atoms. The van der Waals surface area contributed by atoms with Crippen LogP contribution >= 0.6 is 0 Å². The van der Waals surface area contributed by atoms with E-state index in [1.54, 1.807) is 38.2 Å². The van der Waals surface area contributed by atoms with Crippen LogP contribution in [0.5, 0.6) is 0 Å². The largest absolute Gasteiger partial charge is 0.321 e. The molecule has 0 aromatic heterocycles. The number of ketones is 1. The van der Waals surface area contributed by atoms with E-state index in [0.717, 1.165) is 0 Å². The van der Waals surface area contributed by atoms with Gasteiger partial charge in [0, 0.05) is 16.9 Å². The molecular weight excluding hydrogens is 349 g/mol. The molecule has 2 aromatic carbocycles. The number of likely N-dealkylation sites (N-methyl/N-ethyl adjacent to an activating group) is 1. The van der Waals surface area contributed by atoms with Crippen LogP contribution in [0.15, 0.2) is 48.5 Å². The van der Waals surface area contributed by atoms with Gasteiger partial charge in [0.2, 0.25) is 0 Å². The monoisotopic (exact) mass is 372 g/mol. The van der Waals surface area contributed by atoms with Crippen molar-refractivity contribution in [2.24, 2.45) is 0 Å². The van der Waals surface area contributed by atoms with Crippen molar-refractivity contribution in [3.05, 3.63) is 59.9 Å². The smallest absolute Gasteiger partial charge is 0.282 e. The Morgan fingerprint density at radius 2 is 1.70 bits per heavy atom. The van der Waals surface area contributed by atoms with Crippen molar-refractivity contribution in [1.82, 2.24) is 0 Å². The summed E-state index contributed by atoms with van der Waals surface area (Å²) in [5.41, 5.74) is 1.54. The van der Waals surface area contributed by atoms with Crippen LogP contribution in [0.3, 0.4) is 0 Å². The Bertz CT molecular complexity index is 837. The summed E-state index contributed by atoms with van der Waals surface area (Å²) < 4.78 is 12.9. The molecule has 6 nitrogen and oxygen atoms in total. The van der Waals surface area contributed by atoms with E-state index in [1.165, 1.54) is 31.2 Å². The number of carbonyl (C=O) groups is 3. The van der Waals surface area contributed by atoms with E-state index in [0.29, 0.717) is 21.8 Å². The lowest BCUT2D eigenvalue weighted by Gasteiger charge is -2.20. The highest BCUT2D eigenvalue weighted by Crippen LogP contribution is 2.11. The normalized spacial score (nSPS) is 12.7. The van der Waals surface area contributed by atoms with Gasteiger partial charge in [-0.05, 0) is 50.2 Å². The Labute approximate surface area is 157 Å². The van der Waals surface area contributed by atoms with Gasteiger partial charge in [-0.15, -0.1) is 0 Å². The number of halogens is 1. The molecule has 0 aliphatic rings. The average Bonchev–Trinajstić information content (AvgIpc) is 2.63. The number of hydrogen-bond acceptors (Lipinski definition) is 3. The minimum absolute atomic E-state index is 0.0689. The predicted octanol–water partition coefficient (Wildman–Crippen LogP) is 1.51. The van der Waals surface area contributed by atoms with Crippen LogP contribution in [-0.2, 0) is 9.59 Å². The number of amides is 2. The molecule has 0 aliphatic heterocycles. The molecule has 1 unspecified atom stereocenters. The lowest BCUT2D eigenvalue weighted by atomic mass is 10.1. The highest BCUT2D eigenvalue weighted by atomic mass is 19.1. The van der Waals surface area contributed by atoms with Crippen molar-refractivity contribution in [2.45, 2.75) is 19.9 Å². The van der Waals surface area contributed by atoms with Crippen molar-refractivity contribution in [3.63, 3.8) is 0 Å². The van der Waals surface area contributed by atoms with Crippen molar-refractivity contribution in [3.8, 4) is 0 Å². The van der Waals surface area contributed by atoms with Gasteiger partial charge in [0.05, 0.1) is 7.05 Å². The molecule has 2 atom stereocenters. The maximum atomic E-state index is 12.9. The van der Waals surface area contributed by atoms with Crippen LogP contribution in [0.4, 0.5) is 15.8 Å². The molecule has 0 aliphatic carbocycles. The Hall–Kier alpha value is -3.06. The van der Waals surface area contributed by atoms with Crippen molar-refractivity contribution >= 4 is 29.0 Å². The highest BCUT2D eigenvalue weighted by Gasteiger charge is 2.24. The van der Waals surface area contributed by atoms with E-state index in [-0.39, 0.29) is 30.0 Å². The zero-order valence-electron chi connectivity index (χ0n) is 15.5. The van der Waals surface area contributed by atoms with Crippen LogP contribution in [0, 0.1) is 5.82 Å². The summed E-state index contributed by atoms with van der Waals surface area (Å²) in [6, 6.07) is 11.7. The molecule has 0 saturated carbocycles. The number of benzene rings is 2. The summed E-state index contributed by atoms with van der Waals surface area (Å²) in [6.45, 7) is 3.24. The average molecular weight is 372 g/mol. The second kappa shape index (κ2) is 9.05. The Kier molecular flexibility index (Phi) is 6.79. The molecular formula is C20H23FN3O3+.